The van der Waals surface area contributed by atoms with Gasteiger partial charge in [-0.15, -0.1) is 0 Å². The van der Waals surface area contributed by atoms with Gasteiger partial charge in [0.1, 0.15) is 0 Å². The SMILES string of the molecule is Nc1c(Cl)cc(C(=O)/C=C/C(=O)O)cc1Cl. The highest BCUT2D eigenvalue weighted by molar-refractivity contribution is 6.39. The lowest BCUT2D eigenvalue weighted by Gasteiger charge is -2.03. The average Bonchev–Trinajstić information content (AvgIpc) is 2.21. The number of carboxylic acids is 1. The number of aliphatic carboxylic acids is 1. The molecule has 3 N–H and O–H groups in total. The van der Waals surface area contributed by atoms with E-state index in [4.69, 9.17) is 34.0 Å². The topological polar surface area (TPSA) is 80.4 Å². The monoisotopic (exact) mass is 259 g/mol. The molecule has 0 radical (unpaired) electrons. The van der Waals surface area contributed by atoms with E-state index < -0.39 is 11.8 Å². The second-order valence-corrected chi connectivity index (χ2v) is 3.70. The number of nitrogens with two attached hydrogens (primary N) is 1. The van der Waals surface area contributed by atoms with Crippen LogP contribution < -0.4 is 5.73 Å². The molecule has 0 amide bonds. The molecule has 6 heteroatoms. The van der Waals surface area contributed by atoms with Gasteiger partial charge in [-0.05, 0) is 18.2 Å². The van der Waals surface area contributed by atoms with Crippen molar-refractivity contribution in [1.82, 2.24) is 0 Å². The number of carboxylic acid groups (broad SMARTS) is 1. The highest BCUT2D eigenvalue weighted by atomic mass is 35.5. The zero-order valence-electron chi connectivity index (χ0n) is 7.91. The van der Waals surface area contributed by atoms with Crippen LogP contribution in [0.2, 0.25) is 10.0 Å². The first-order valence-corrected chi connectivity index (χ1v) is 4.87. The van der Waals surface area contributed by atoms with E-state index in [1.165, 1.54) is 12.1 Å². The Balaban J connectivity index is 3.06. The minimum atomic E-state index is -1.21. The van der Waals surface area contributed by atoms with E-state index in [1.807, 2.05) is 0 Å². The highest BCUT2D eigenvalue weighted by Crippen LogP contribution is 2.29. The molecule has 0 aromatic heterocycles. The molecule has 0 aliphatic rings. The molecule has 84 valence electrons. The molecular weight excluding hydrogens is 253 g/mol. The third-order valence-electron chi connectivity index (χ3n) is 1.74. The molecule has 0 heterocycles. The van der Waals surface area contributed by atoms with Crippen LogP contribution in [0.1, 0.15) is 10.4 Å². The van der Waals surface area contributed by atoms with Crippen LogP contribution in [0.5, 0.6) is 0 Å². The highest BCUT2D eigenvalue weighted by Gasteiger charge is 2.09. The van der Waals surface area contributed by atoms with Gasteiger partial charge in [-0.2, -0.15) is 0 Å². The maximum atomic E-state index is 11.5. The van der Waals surface area contributed by atoms with Crippen molar-refractivity contribution in [3.63, 3.8) is 0 Å². The van der Waals surface area contributed by atoms with E-state index in [2.05, 4.69) is 0 Å². The molecule has 0 bridgehead atoms. The first-order valence-electron chi connectivity index (χ1n) is 4.11. The number of hydrogen-bond acceptors (Lipinski definition) is 3. The summed E-state index contributed by atoms with van der Waals surface area (Å²) in [6, 6.07) is 2.66. The Hall–Kier alpha value is -1.52. The van der Waals surface area contributed by atoms with Crippen LogP contribution in [-0.4, -0.2) is 16.9 Å². The summed E-state index contributed by atoms with van der Waals surface area (Å²) in [7, 11) is 0. The number of benzene rings is 1. The summed E-state index contributed by atoms with van der Waals surface area (Å²) in [4.78, 5) is 21.7. The molecule has 0 fully saturated rings. The number of anilines is 1. The van der Waals surface area contributed by atoms with Crippen LogP contribution in [0.3, 0.4) is 0 Å². The standard InChI is InChI=1S/C10H7Cl2NO3/c11-6-3-5(4-7(12)10(6)13)8(14)1-2-9(15)16/h1-4H,13H2,(H,15,16)/b2-1+. The number of ketones is 1. The van der Waals surface area contributed by atoms with Crippen LogP contribution in [-0.2, 0) is 4.79 Å². The lowest BCUT2D eigenvalue weighted by atomic mass is 10.1. The summed E-state index contributed by atoms with van der Waals surface area (Å²) in [5.41, 5.74) is 5.85. The van der Waals surface area contributed by atoms with Gasteiger partial charge in [-0.3, -0.25) is 4.79 Å². The van der Waals surface area contributed by atoms with E-state index in [0.717, 1.165) is 12.2 Å². The Morgan fingerprint density at radius 3 is 2.12 bits per heavy atom. The van der Waals surface area contributed by atoms with Gasteiger partial charge < -0.3 is 10.8 Å². The number of nitrogen functional groups attached to an aromatic ring is 1. The van der Waals surface area contributed by atoms with Crippen molar-refractivity contribution in [3.8, 4) is 0 Å². The van der Waals surface area contributed by atoms with E-state index >= 15 is 0 Å². The fourth-order valence-electron chi connectivity index (χ4n) is 0.970. The molecule has 1 rings (SSSR count). The maximum absolute atomic E-state index is 11.5. The number of halogens is 2. The van der Waals surface area contributed by atoms with Crippen LogP contribution >= 0.6 is 23.2 Å². The third kappa shape index (κ3) is 2.98. The molecule has 16 heavy (non-hydrogen) atoms. The number of allylic oxidation sites excluding steroid dienone is 1. The lowest BCUT2D eigenvalue weighted by Crippen LogP contribution is -1.98. The zero-order valence-corrected chi connectivity index (χ0v) is 9.42. The summed E-state index contributed by atoms with van der Waals surface area (Å²) in [5.74, 6) is -1.72. The van der Waals surface area contributed by atoms with Gasteiger partial charge in [0.25, 0.3) is 0 Å². The van der Waals surface area contributed by atoms with Gasteiger partial charge >= 0.3 is 5.97 Å². The Morgan fingerprint density at radius 1 is 1.19 bits per heavy atom. The molecule has 0 unspecified atom stereocenters. The molecule has 0 saturated heterocycles. The molecule has 0 aliphatic heterocycles. The average molecular weight is 260 g/mol. The predicted molar refractivity (Wildman–Crippen MR) is 62.0 cm³/mol. The summed E-state index contributed by atoms with van der Waals surface area (Å²) in [6.45, 7) is 0. The molecule has 1 aromatic rings. The Morgan fingerprint density at radius 2 is 1.69 bits per heavy atom. The second-order valence-electron chi connectivity index (χ2n) is 2.89. The first-order chi connectivity index (χ1) is 7.41. The van der Waals surface area contributed by atoms with Crippen LogP contribution in [0.25, 0.3) is 0 Å². The van der Waals surface area contributed by atoms with Crippen molar-refractivity contribution in [2.45, 2.75) is 0 Å². The first kappa shape index (κ1) is 12.5. The summed E-state index contributed by atoms with van der Waals surface area (Å²) >= 11 is 11.4. The third-order valence-corrected chi connectivity index (χ3v) is 2.37. The van der Waals surface area contributed by atoms with Gasteiger partial charge in [-0.1, -0.05) is 23.2 Å². The van der Waals surface area contributed by atoms with Gasteiger partial charge in [0, 0.05) is 11.6 Å². The fraction of sp³-hybridized carbons (Fsp3) is 0. The Kier molecular flexibility index (Phi) is 3.93. The van der Waals surface area contributed by atoms with Crippen molar-refractivity contribution in [2.24, 2.45) is 0 Å². The van der Waals surface area contributed by atoms with Crippen molar-refractivity contribution in [1.29, 1.82) is 0 Å². The van der Waals surface area contributed by atoms with E-state index in [1.54, 1.807) is 0 Å². The minimum absolute atomic E-state index is 0.152. The van der Waals surface area contributed by atoms with Gasteiger partial charge in [-0.25, -0.2) is 4.79 Å². The number of hydrogen-bond donors (Lipinski definition) is 2. The van der Waals surface area contributed by atoms with Gasteiger partial charge in [0.2, 0.25) is 0 Å². The van der Waals surface area contributed by atoms with Crippen LogP contribution in [0, 0.1) is 0 Å². The molecule has 4 nitrogen and oxygen atoms in total. The molecule has 0 aliphatic carbocycles. The van der Waals surface area contributed by atoms with Crippen molar-refractivity contribution in [2.75, 3.05) is 5.73 Å². The number of rotatable bonds is 3. The van der Waals surface area contributed by atoms with Crippen LogP contribution in [0.15, 0.2) is 24.3 Å². The summed E-state index contributed by atoms with van der Waals surface area (Å²) in [5, 5.41) is 8.66. The quantitative estimate of drug-likeness (QED) is 0.496. The van der Waals surface area contributed by atoms with Gasteiger partial charge in [0.05, 0.1) is 15.7 Å². The van der Waals surface area contributed by atoms with Crippen molar-refractivity contribution < 1.29 is 14.7 Å². The molecular formula is C10H7Cl2NO3. The summed E-state index contributed by atoms with van der Waals surface area (Å²) in [6.07, 6.45) is 1.65. The fourth-order valence-corrected chi connectivity index (χ4v) is 1.46. The van der Waals surface area contributed by atoms with Gasteiger partial charge in [0.15, 0.2) is 5.78 Å². The lowest BCUT2D eigenvalue weighted by molar-refractivity contribution is -0.131. The van der Waals surface area contributed by atoms with Crippen molar-refractivity contribution in [3.05, 3.63) is 39.9 Å². The zero-order chi connectivity index (χ0) is 12.3. The summed E-state index contributed by atoms with van der Waals surface area (Å²) < 4.78 is 0. The maximum Gasteiger partial charge on any atom is 0.328 e. The normalized spacial score (nSPS) is 10.6. The molecule has 1 aromatic carbocycles. The van der Waals surface area contributed by atoms with E-state index in [0.29, 0.717) is 0 Å². The second kappa shape index (κ2) is 5.01. The van der Waals surface area contributed by atoms with E-state index in [9.17, 15) is 9.59 Å². The molecule has 0 saturated carbocycles. The molecule has 0 atom stereocenters. The Bertz CT molecular complexity index is 460. The minimum Gasteiger partial charge on any atom is -0.478 e. The largest absolute Gasteiger partial charge is 0.478 e. The van der Waals surface area contributed by atoms with Crippen molar-refractivity contribution >= 4 is 40.6 Å². The van der Waals surface area contributed by atoms with E-state index in [-0.39, 0.29) is 21.3 Å². The Labute approximate surface area is 101 Å². The van der Waals surface area contributed by atoms with Crippen LogP contribution in [0.4, 0.5) is 5.69 Å². The smallest absolute Gasteiger partial charge is 0.328 e. The number of carbonyl (C=O) groups is 2. The number of carbonyl (C=O) groups excluding carboxylic acids is 1. The predicted octanol–water partition coefficient (Wildman–Crippen LogP) is 2.40. The molecule has 0 spiro atoms.